The first-order valence-electron chi connectivity index (χ1n) is 6.14. The molecule has 0 radical (unpaired) electrons. The third-order valence-electron chi connectivity index (χ3n) is 3.02. The molecule has 1 aromatic carbocycles. The van der Waals surface area contributed by atoms with Crippen molar-refractivity contribution in [3.63, 3.8) is 0 Å². The molecule has 0 fully saturated rings. The van der Waals surface area contributed by atoms with Gasteiger partial charge in [-0.25, -0.2) is 0 Å². The highest BCUT2D eigenvalue weighted by molar-refractivity contribution is 5.42. The van der Waals surface area contributed by atoms with Crippen molar-refractivity contribution in [2.24, 2.45) is 0 Å². The molecule has 0 saturated heterocycles. The van der Waals surface area contributed by atoms with Crippen molar-refractivity contribution >= 4 is 0 Å². The monoisotopic (exact) mass is 237 g/mol. The Morgan fingerprint density at radius 3 is 2.53 bits per heavy atom. The molecule has 0 aliphatic rings. The molecule has 0 spiro atoms. The van der Waals surface area contributed by atoms with Crippen LogP contribution >= 0.6 is 0 Å². The van der Waals surface area contributed by atoms with Gasteiger partial charge in [0.05, 0.1) is 13.2 Å². The fourth-order valence-electron chi connectivity index (χ4n) is 1.56. The summed E-state index contributed by atoms with van der Waals surface area (Å²) >= 11 is 0. The molecule has 0 saturated carbocycles. The van der Waals surface area contributed by atoms with Crippen molar-refractivity contribution in [1.29, 1.82) is 0 Å². The molecule has 0 bridgehead atoms. The lowest BCUT2D eigenvalue weighted by Gasteiger charge is -2.20. The van der Waals surface area contributed by atoms with E-state index in [4.69, 9.17) is 9.47 Å². The second-order valence-corrected chi connectivity index (χ2v) is 4.25. The molecule has 17 heavy (non-hydrogen) atoms. The third-order valence-corrected chi connectivity index (χ3v) is 3.02. The average molecular weight is 237 g/mol. The van der Waals surface area contributed by atoms with Crippen LogP contribution in [0.1, 0.15) is 38.8 Å². The minimum Gasteiger partial charge on any atom is -0.497 e. The van der Waals surface area contributed by atoms with Crippen LogP contribution in [0.3, 0.4) is 0 Å². The minimum absolute atomic E-state index is 0.213. The van der Waals surface area contributed by atoms with E-state index in [0.717, 1.165) is 23.5 Å². The Morgan fingerprint density at radius 2 is 2.00 bits per heavy atom. The normalized spacial score (nSPS) is 14.2. The summed E-state index contributed by atoms with van der Waals surface area (Å²) in [7, 11) is 3.62. The van der Waals surface area contributed by atoms with E-state index in [9.17, 15) is 0 Å². The summed E-state index contributed by atoms with van der Waals surface area (Å²) in [6.07, 6.45) is 1.20. The number of hydrogen-bond donors (Lipinski definition) is 1. The van der Waals surface area contributed by atoms with E-state index >= 15 is 0 Å². The lowest BCUT2D eigenvalue weighted by atomic mass is 10.1. The van der Waals surface area contributed by atoms with Crippen molar-refractivity contribution < 1.29 is 9.47 Å². The van der Waals surface area contributed by atoms with Crippen LogP contribution in [-0.2, 0) is 0 Å². The van der Waals surface area contributed by atoms with Crippen LogP contribution in [0.25, 0.3) is 0 Å². The Morgan fingerprint density at radius 1 is 1.29 bits per heavy atom. The lowest BCUT2D eigenvalue weighted by molar-refractivity contribution is 0.213. The summed E-state index contributed by atoms with van der Waals surface area (Å²) in [6.45, 7) is 6.31. The van der Waals surface area contributed by atoms with E-state index in [1.165, 1.54) is 0 Å². The number of benzene rings is 1. The molecular weight excluding hydrogens is 214 g/mol. The topological polar surface area (TPSA) is 30.5 Å². The van der Waals surface area contributed by atoms with E-state index in [2.05, 4.69) is 32.2 Å². The smallest absolute Gasteiger partial charge is 0.128 e. The van der Waals surface area contributed by atoms with Crippen LogP contribution in [0.5, 0.6) is 11.5 Å². The SMILES string of the molecule is CCC(C)Oc1cc(OC)ccc1C(C)NC. The highest BCUT2D eigenvalue weighted by Gasteiger charge is 2.13. The fraction of sp³-hybridized carbons (Fsp3) is 0.571. The Balaban J connectivity index is 3.02. The van der Waals surface area contributed by atoms with Crippen molar-refractivity contribution in [3.8, 4) is 11.5 Å². The predicted octanol–water partition coefficient (Wildman–Crippen LogP) is 3.15. The summed E-state index contributed by atoms with van der Waals surface area (Å²) in [5.41, 5.74) is 1.16. The molecule has 3 heteroatoms. The van der Waals surface area contributed by atoms with Gasteiger partial charge < -0.3 is 14.8 Å². The second-order valence-electron chi connectivity index (χ2n) is 4.25. The van der Waals surface area contributed by atoms with Crippen LogP contribution in [0.2, 0.25) is 0 Å². The van der Waals surface area contributed by atoms with Gasteiger partial charge in [0.1, 0.15) is 11.5 Å². The molecule has 0 aliphatic heterocycles. The summed E-state index contributed by atoms with van der Waals surface area (Å²) in [6, 6.07) is 6.24. The van der Waals surface area contributed by atoms with E-state index in [1.807, 2.05) is 19.2 Å². The molecule has 0 aliphatic carbocycles. The van der Waals surface area contributed by atoms with Gasteiger partial charge in [0, 0.05) is 17.7 Å². The Labute approximate surface area is 104 Å². The van der Waals surface area contributed by atoms with Gasteiger partial charge in [-0.15, -0.1) is 0 Å². The van der Waals surface area contributed by atoms with Crippen molar-refractivity contribution in [3.05, 3.63) is 23.8 Å². The second kappa shape index (κ2) is 6.50. The first-order chi connectivity index (χ1) is 8.12. The first kappa shape index (κ1) is 13.8. The van der Waals surface area contributed by atoms with Crippen LogP contribution < -0.4 is 14.8 Å². The van der Waals surface area contributed by atoms with Gasteiger partial charge in [-0.1, -0.05) is 13.0 Å². The number of nitrogens with one attached hydrogen (secondary N) is 1. The van der Waals surface area contributed by atoms with Gasteiger partial charge in [0.25, 0.3) is 0 Å². The maximum atomic E-state index is 5.94. The molecule has 3 nitrogen and oxygen atoms in total. The van der Waals surface area contributed by atoms with Crippen molar-refractivity contribution in [1.82, 2.24) is 5.32 Å². The van der Waals surface area contributed by atoms with E-state index < -0.39 is 0 Å². The highest BCUT2D eigenvalue weighted by atomic mass is 16.5. The molecule has 0 amide bonds. The summed E-state index contributed by atoms with van der Waals surface area (Å²) in [5.74, 6) is 1.73. The summed E-state index contributed by atoms with van der Waals surface area (Å²) < 4.78 is 11.2. The highest BCUT2D eigenvalue weighted by Crippen LogP contribution is 2.30. The number of rotatable bonds is 6. The number of hydrogen-bond acceptors (Lipinski definition) is 3. The zero-order valence-corrected chi connectivity index (χ0v) is 11.4. The Hall–Kier alpha value is -1.22. The van der Waals surface area contributed by atoms with Crippen molar-refractivity contribution in [2.45, 2.75) is 39.3 Å². The molecule has 1 N–H and O–H groups in total. The van der Waals surface area contributed by atoms with Gasteiger partial charge >= 0.3 is 0 Å². The van der Waals surface area contributed by atoms with Gasteiger partial charge in [-0.2, -0.15) is 0 Å². The van der Waals surface area contributed by atoms with Crippen molar-refractivity contribution in [2.75, 3.05) is 14.2 Å². The maximum Gasteiger partial charge on any atom is 0.128 e. The zero-order chi connectivity index (χ0) is 12.8. The molecule has 1 rings (SSSR count). The zero-order valence-electron chi connectivity index (χ0n) is 11.4. The minimum atomic E-state index is 0.213. The van der Waals surface area contributed by atoms with E-state index in [1.54, 1.807) is 7.11 Å². The molecule has 1 aromatic rings. The quantitative estimate of drug-likeness (QED) is 0.824. The third kappa shape index (κ3) is 3.63. The van der Waals surface area contributed by atoms with Crippen LogP contribution in [-0.4, -0.2) is 20.3 Å². The maximum absolute atomic E-state index is 5.94. The average Bonchev–Trinajstić information content (AvgIpc) is 2.37. The van der Waals surface area contributed by atoms with Crippen LogP contribution in [0.4, 0.5) is 0 Å². The lowest BCUT2D eigenvalue weighted by Crippen LogP contribution is -2.16. The molecule has 0 aromatic heterocycles. The summed E-state index contributed by atoms with van der Waals surface area (Å²) in [5, 5.41) is 3.23. The largest absolute Gasteiger partial charge is 0.497 e. The molecular formula is C14H23NO2. The number of methoxy groups -OCH3 is 1. The Kier molecular flexibility index (Phi) is 5.29. The standard InChI is InChI=1S/C14H23NO2/c1-6-10(2)17-14-9-12(16-5)7-8-13(14)11(3)15-4/h7-11,15H,6H2,1-5H3. The molecule has 96 valence electrons. The predicted molar refractivity (Wildman–Crippen MR) is 70.8 cm³/mol. The van der Waals surface area contributed by atoms with E-state index in [0.29, 0.717) is 0 Å². The number of ether oxygens (including phenoxy) is 2. The molecule has 2 unspecified atom stereocenters. The fourth-order valence-corrected chi connectivity index (χ4v) is 1.56. The van der Waals surface area contributed by atoms with Gasteiger partial charge in [0.15, 0.2) is 0 Å². The summed E-state index contributed by atoms with van der Waals surface area (Å²) in [4.78, 5) is 0. The van der Waals surface area contributed by atoms with Gasteiger partial charge in [-0.05, 0) is 33.4 Å². The van der Waals surface area contributed by atoms with Crippen LogP contribution in [0, 0.1) is 0 Å². The Bertz CT molecular complexity index is 352. The molecule has 0 heterocycles. The van der Waals surface area contributed by atoms with E-state index in [-0.39, 0.29) is 12.1 Å². The van der Waals surface area contributed by atoms with Crippen LogP contribution in [0.15, 0.2) is 18.2 Å². The van der Waals surface area contributed by atoms with Gasteiger partial charge in [0.2, 0.25) is 0 Å². The molecule has 2 atom stereocenters. The van der Waals surface area contributed by atoms with Gasteiger partial charge in [-0.3, -0.25) is 0 Å². The first-order valence-corrected chi connectivity index (χ1v) is 6.14.